The van der Waals surface area contributed by atoms with Crippen LogP contribution in [0.4, 0.5) is 0 Å². The average molecular weight is 239 g/mol. The Kier molecular flexibility index (Phi) is 3.79. The molecule has 1 fully saturated rings. The van der Waals surface area contributed by atoms with Gasteiger partial charge in [0.1, 0.15) is 6.04 Å². The summed E-state index contributed by atoms with van der Waals surface area (Å²) in [6.45, 7) is 0.378. The number of ether oxygens (including phenoxy) is 1. The number of esters is 1. The molecule has 1 aliphatic rings. The number of methoxy groups -OCH3 is 1. The van der Waals surface area contributed by atoms with Crippen molar-refractivity contribution >= 4 is 27.8 Å². The van der Waals surface area contributed by atoms with Crippen LogP contribution < -0.4 is 0 Å². The van der Waals surface area contributed by atoms with Gasteiger partial charge >= 0.3 is 5.97 Å². The number of rotatable bonds is 2. The molecule has 1 heterocycles. The summed E-state index contributed by atoms with van der Waals surface area (Å²) in [7, 11) is -2.05. The third-order valence-corrected chi connectivity index (χ3v) is 4.29. The second kappa shape index (κ2) is 4.50. The molecule has 82 valence electrons. The Balaban J connectivity index is 2.85. The van der Waals surface area contributed by atoms with Crippen LogP contribution >= 0.6 is 11.8 Å². The fraction of sp³-hybridized carbons (Fsp3) is 0.857. The van der Waals surface area contributed by atoms with Gasteiger partial charge in [0.15, 0.2) is 0 Å². The SMILES string of the molecule is COC(=O)C1CSCCN1S(C)(=O)=O. The van der Waals surface area contributed by atoms with Gasteiger partial charge in [0.25, 0.3) is 0 Å². The van der Waals surface area contributed by atoms with Gasteiger partial charge in [0.2, 0.25) is 10.0 Å². The van der Waals surface area contributed by atoms with Gasteiger partial charge in [-0.05, 0) is 0 Å². The summed E-state index contributed by atoms with van der Waals surface area (Å²) in [6.07, 6.45) is 1.11. The molecule has 0 spiro atoms. The number of thioether (sulfide) groups is 1. The highest BCUT2D eigenvalue weighted by Crippen LogP contribution is 2.19. The molecule has 5 nitrogen and oxygen atoms in total. The van der Waals surface area contributed by atoms with Crippen molar-refractivity contribution in [2.24, 2.45) is 0 Å². The summed E-state index contributed by atoms with van der Waals surface area (Å²) in [5.41, 5.74) is 0. The Morgan fingerprint density at radius 3 is 2.71 bits per heavy atom. The number of carbonyl (C=O) groups excluding carboxylic acids is 1. The van der Waals surface area contributed by atoms with E-state index in [1.54, 1.807) is 11.8 Å². The first-order valence-electron chi connectivity index (χ1n) is 4.09. The lowest BCUT2D eigenvalue weighted by Gasteiger charge is -2.31. The van der Waals surface area contributed by atoms with Crippen molar-refractivity contribution in [1.29, 1.82) is 0 Å². The Hall–Kier alpha value is -0.270. The van der Waals surface area contributed by atoms with Crippen molar-refractivity contribution in [3.8, 4) is 0 Å². The molecule has 0 aliphatic carbocycles. The fourth-order valence-electron chi connectivity index (χ4n) is 1.31. The molecule has 0 aromatic heterocycles. The van der Waals surface area contributed by atoms with Crippen LogP contribution in [0.25, 0.3) is 0 Å². The van der Waals surface area contributed by atoms with Gasteiger partial charge in [-0.3, -0.25) is 4.79 Å². The van der Waals surface area contributed by atoms with Crippen LogP contribution in [0.5, 0.6) is 0 Å². The van der Waals surface area contributed by atoms with E-state index >= 15 is 0 Å². The zero-order valence-electron chi connectivity index (χ0n) is 8.10. The third kappa shape index (κ3) is 2.61. The molecule has 0 aromatic rings. The summed E-state index contributed by atoms with van der Waals surface area (Å²) >= 11 is 1.56. The lowest BCUT2D eigenvalue weighted by molar-refractivity contribution is -0.144. The Morgan fingerprint density at radius 1 is 1.57 bits per heavy atom. The highest BCUT2D eigenvalue weighted by molar-refractivity contribution is 7.99. The van der Waals surface area contributed by atoms with Crippen LogP contribution in [0.3, 0.4) is 0 Å². The zero-order chi connectivity index (χ0) is 10.8. The predicted octanol–water partition coefficient (Wildman–Crippen LogP) is -0.464. The minimum Gasteiger partial charge on any atom is -0.468 e. The second-order valence-electron chi connectivity index (χ2n) is 2.99. The van der Waals surface area contributed by atoms with Crippen LogP contribution in [-0.2, 0) is 19.6 Å². The maximum atomic E-state index is 11.3. The van der Waals surface area contributed by atoms with Crippen molar-refractivity contribution in [3.63, 3.8) is 0 Å². The van der Waals surface area contributed by atoms with Gasteiger partial charge in [-0.15, -0.1) is 0 Å². The van der Waals surface area contributed by atoms with E-state index in [4.69, 9.17) is 0 Å². The standard InChI is InChI=1S/C7H13NO4S2/c1-12-7(9)6-5-13-4-3-8(6)14(2,10)11/h6H,3-5H2,1-2H3. The third-order valence-electron chi connectivity index (χ3n) is 1.98. The van der Waals surface area contributed by atoms with Crippen LogP contribution in [0.15, 0.2) is 0 Å². The van der Waals surface area contributed by atoms with Gasteiger partial charge in [-0.25, -0.2) is 8.42 Å². The molecule has 0 N–H and O–H groups in total. The second-order valence-corrected chi connectivity index (χ2v) is 6.07. The molecule has 0 amide bonds. The van der Waals surface area contributed by atoms with Crippen molar-refractivity contribution in [2.75, 3.05) is 31.4 Å². The quantitative estimate of drug-likeness (QED) is 0.610. The average Bonchev–Trinajstić information content (AvgIpc) is 2.15. The topological polar surface area (TPSA) is 63.7 Å². The molecule has 7 heteroatoms. The van der Waals surface area contributed by atoms with Crippen molar-refractivity contribution in [2.45, 2.75) is 6.04 Å². The maximum Gasteiger partial charge on any atom is 0.325 e. The van der Waals surface area contributed by atoms with Gasteiger partial charge in [-0.1, -0.05) is 0 Å². The molecule has 1 atom stereocenters. The molecule has 0 saturated carbocycles. The zero-order valence-corrected chi connectivity index (χ0v) is 9.73. The highest BCUT2D eigenvalue weighted by Gasteiger charge is 2.35. The van der Waals surface area contributed by atoms with E-state index in [1.165, 1.54) is 11.4 Å². The van der Waals surface area contributed by atoms with E-state index in [0.29, 0.717) is 12.3 Å². The Bertz CT molecular complexity index is 314. The summed E-state index contributed by atoms with van der Waals surface area (Å²) in [5.74, 6) is 0.711. The number of nitrogens with zero attached hydrogens (tertiary/aromatic N) is 1. The van der Waals surface area contributed by atoms with Gasteiger partial charge in [0.05, 0.1) is 13.4 Å². The van der Waals surface area contributed by atoms with E-state index in [0.717, 1.165) is 12.0 Å². The highest BCUT2D eigenvalue weighted by atomic mass is 32.2. The molecule has 0 bridgehead atoms. The molecular weight excluding hydrogens is 226 g/mol. The van der Waals surface area contributed by atoms with Gasteiger partial charge < -0.3 is 4.74 Å². The fourth-order valence-corrected chi connectivity index (χ4v) is 3.59. The predicted molar refractivity (Wildman–Crippen MR) is 54.7 cm³/mol. The Morgan fingerprint density at radius 2 is 2.21 bits per heavy atom. The number of hydrogen-bond acceptors (Lipinski definition) is 5. The van der Waals surface area contributed by atoms with Gasteiger partial charge in [-0.2, -0.15) is 16.1 Å². The minimum atomic E-state index is -3.31. The van der Waals surface area contributed by atoms with Crippen molar-refractivity contribution in [1.82, 2.24) is 4.31 Å². The van der Waals surface area contributed by atoms with E-state index in [-0.39, 0.29) is 0 Å². The summed E-state index contributed by atoms with van der Waals surface area (Å²) in [5, 5.41) is 0. The van der Waals surface area contributed by atoms with Crippen molar-refractivity contribution < 1.29 is 17.9 Å². The van der Waals surface area contributed by atoms with Crippen molar-refractivity contribution in [3.05, 3.63) is 0 Å². The lowest BCUT2D eigenvalue weighted by atomic mass is 10.3. The molecular formula is C7H13NO4S2. The number of sulfonamides is 1. The normalized spacial score (nSPS) is 24.6. The molecule has 0 radical (unpaired) electrons. The van der Waals surface area contributed by atoms with E-state index in [9.17, 15) is 13.2 Å². The summed E-state index contributed by atoms with van der Waals surface area (Å²) in [4.78, 5) is 11.3. The number of carbonyl (C=O) groups is 1. The maximum absolute atomic E-state index is 11.3. The molecule has 1 aliphatic heterocycles. The monoisotopic (exact) mass is 239 g/mol. The lowest BCUT2D eigenvalue weighted by Crippen LogP contribution is -2.50. The molecule has 1 rings (SSSR count). The van der Waals surface area contributed by atoms with Crippen LogP contribution in [-0.4, -0.2) is 56.2 Å². The first-order valence-corrected chi connectivity index (χ1v) is 7.09. The molecule has 1 saturated heterocycles. The summed E-state index contributed by atoms with van der Waals surface area (Å²) < 4.78 is 28.4. The van der Waals surface area contributed by atoms with Crippen LogP contribution in [0, 0.1) is 0 Å². The van der Waals surface area contributed by atoms with Gasteiger partial charge in [0, 0.05) is 18.1 Å². The van der Waals surface area contributed by atoms with E-state index < -0.39 is 22.0 Å². The first kappa shape index (κ1) is 11.8. The van der Waals surface area contributed by atoms with E-state index in [1.807, 2.05) is 0 Å². The first-order chi connectivity index (χ1) is 6.46. The molecule has 0 aromatic carbocycles. The largest absolute Gasteiger partial charge is 0.468 e. The summed E-state index contributed by atoms with van der Waals surface area (Å²) in [6, 6.07) is -0.659. The Labute approximate surface area is 87.8 Å². The van der Waals surface area contributed by atoms with E-state index in [2.05, 4.69) is 4.74 Å². The minimum absolute atomic E-state index is 0.378. The number of hydrogen-bond donors (Lipinski definition) is 0. The smallest absolute Gasteiger partial charge is 0.325 e. The van der Waals surface area contributed by atoms with Crippen LogP contribution in [0.2, 0.25) is 0 Å². The molecule has 14 heavy (non-hydrogen) atoms. The molecule has 1 unspecified atom stereocenters. The van der Waals surface area contributed by atoms with Crippen LogP contribution in [0.1, 0.15) is 0 Å².